The van der Waals surface area contributed by atoms with Crippen molar-refractivity contribution in [1.29, 1.82) is 0 Å². The van der Waals surface area contributed by atoms with E-state index >= 15 is 0 Å². The molecule has 4 aromatic rings. The van der Waals surface area contributed by atoms with Gasteiger partial charge in [0.05, 0.1) is 18.3 Å². The first-order chi connectivity index (χ1) is 15.8. The number of aliphatic hydroxyl groups is 1. The van der Waals surface area contributed by atoms with E-state index in [1.165, 1.54) is 6.20 Å². The Kier molecular flexibility index (Phi) is 6.36. The zero-order valence-electron chi connectivity index (χ0n) is 17.5. The number of aliphatic hydroxyl groups excluding tert-OH is 1. The van der Waals surface area contributed by atoms with Crippen molar-refractivity contribution in [3.63, 3.8) is 0 Å². The predicted octanol–water partition coefficient (Wildman–Crippen LogP) is 3.66. The fourth-order valence-electron chi connectivity index (χ4n) is 3.16. The summed E-state index contributed by atoms with van der Waals surface area (Å²) in [5.41, 5.74) is 0.524. The number of fused-ring (bicyclic) bond motifs is 1. The van der Waals surface area contributed by atoms with Crippen LogP contribution in [0.3, 0.4) is 0 Å². The molecule has 0 fully saturated rings. The summed E-state index contributed by atoms with van der Waals surface area (Å²) in [6.45, 7) is 0.672. The standard InChI is InChI=1S/C21H20F3N7O2/c1-13-25-8-7-17(27-13)28-19-16(33-10-4-9-32)11-26-20(29-19)18-14-5-2-3-6-15(14)31(30-18)12-21(22,23)24/h2-3,5-8,11,32H,4,9-10,12H2,1H3,(H,25,26,27,28,29). The van der Waals surface area contributed by atoms with E-state index < -0.39 is 12.7 Å². The minimum Gasteiger partial charge on any atom is -0.488 e. The smallest absolute Gasteiger partial charge is 0.408 e. The zero-order valence-corrected chi connectivity index (χ0v) is 17.5. The van der Waals surface area contributed by atoms with Crippen LogP contribution in [-0.2, 0) is 6.54 Å². The Morgan fingerprint density at radius 1 is 1.12 bits per heavy atom. The molecule has 0 radical (unpaired) electrons. The highest BCUT2D eigenvalue weighted by Gasteiger charge is 2.30. The van der Waals surface area contributed by atoms with Crippen LogP contribution in [0.5, 0.6) is 5.75 Å². The fraction of sp³-hybridized carbons (Fsp3) is 0.286. The highest BCUT2D eigenvalue weighted by molar-refractivity contribution is 5.91. The van der Waals surface area contributed by atoms with E-state index in [0.29, 0.717) is 34.7 Å². The number of halogens is 3. The van der Waals surface area contributed by atoms with Crippen molar-refractivity contribution in [3.05, 3.63) is 48.5 Å². The molecule has 0 saturated carbocycles. The van der Waals surface area contributed by atoms with Gasteiger partial charge in [-0.05, 0) is 19.1 Å². The first-order valence-corrected chi connectivity index (χ1v) is 10.0. The van der Waals surface area contributed by atoms with Crippen LogP contribution in [0.25, 0.3) is 22.4 Å². The number of para-hydroxylation sites is 1. The van der Waals surface area contributed by atoms with Crippen LogP contribution in [0.4, 0.5) is 24.8 Å². The van der Waals surface area contributed by atoms with Crippen LogP contribution in [0.2, 0.25) is 0 Å². The van der Waals surface area contributed by atoms with Crippen molar-refractivity contribution in [2.45, 2.75) is 26.1 Å². The van der Waals surface area contributed by atoms with Gasteiger partial charge in [0.15, 0.2) is 17.4 Å². The predicted molar refractivity (Wildman–Crippen MR) is 114 cm³/mol. The molecule has 9 nitrogen and oxygen atoms in total. The lowest BCUT2D eigenvalue weighted by Gasteiger charge is -2.12. The van der Waals surface area contributed by atoms with E-state index in [4.69, 9.17) is 9.84 Å². The molecule has 33 heavy (non-hydrogen) atoms. The lowest BCUT2D eigenvalue weighted by molar-refractivity contribution is -0.141. The molecule has 0 atom stereocenters. The summed E-state index contributed by atoms with van der Waals surface area (Å²) in [7, 11) is 0. The number of alkyl halides is 3. The number of hydrogen-bond acceptors (Lipinski definition) is 8. The van der Waals surface area contributed by atoms with Crippen molar-refractivity contribution in [2.75, 3.05) is 18.5 Å². The summed E-state index contributed by atoms with van der Waals surface area (Å²) in [4.78, 5) is 17.1. The number of nitrogens with one attached hydrogen (secondary N) is 1. The second-order valence-electron chi connectivity index (χ2n) is 7.08. The summed E-state index contributed by atoms with van der Waals surface area (Å²) in [6, 6.07) is 8.22. The first-order valence-electron chi connectivity index (χ1n) is 10.0. The molecule has 172 valence electrons. The Morgan fingerprint density at radius 3 is 2.70 bits per heavy atom. The molecule has 4 rings (SSSR count). The molecular formula is C21H20F3N7O2. The highest BCUT2D eigenvalue weighted by atomic mass is 19.4. The van der Waals surface area contributed by atoms with Crippen LogP contribution >= 0.6 is 0 Å². The quantitative estimate of drug-likeness (QED) is 0.384. The van der Waals surface area contributed by atoms with Gasteiger partial charge in [-0.1, -0.05) is 18.2 Å². The normalized spacial score (nSPS) is 11.7. The third-order valence-corrected chi connectivity index (χ3v) is 4.54. The molecule has 0 saturated heterocycles. The van der Waals surface area contributed by atoms with Crippen LogP contribution in [0.1, 0.15) is 12.2 Å². The van der Waals surface area contributed by atoms with Crippen molar-refractivity contribution >= 4 is 22.5 Å². The van der Waals surface area contributed by atoms with E-state index in [1.807, 2.05) is 0 Å². The highest BCUT2D eigenvalue weighted by Crippen LogP contribution is 2.31. The molecule has 1 aromatic carbocycles. The SMILES string of the molecule is Cc1nccc(Nc2nc(-c3nn(CC(F)(F)F)c4ccccc34)ncc2OCCCO)n1. The number of anilines is 2. The van der Waals surface area contributed by atoms with Crippen molar-refractivity contribution in [3.8, 4) is 17.3 Å². The second kappa shape index (κ2) is 9.36. The summed E-state index contributed by atoms with van der Waals surface area (Å²) >= 11 is 0. The molecule has 0 aliphatic rings. The van der Waals surface area contributed by atoms with Gasteiger partial charge in [-0.15, -0.1) is 0 Å². The van der Waals surface area contributed by atoms with Gasteiger partial charge in [0, 0.05) is 24.6 Å². The topological polar surface area (TPSA) is 111 Å². The Hall–Kier alpha value is -3.80. The molecule has 0 spiro atoms. The van der Waals surface area contributed by atoms with Gasteiger partial charge >= 0.3 is 6.18 Å². The molecule has 3 aromatic heterocycles. The minimum atomic E-state index is -4.44. The lowest BCUT2D eigenvalue weighted by atomic mass is 10.2. The summed E-state index contributed by atoms with van der Waals surface area (Å²) in [5, 5.41) is 16.7. The van der Waals surface area contributed by atoms with E-state index in [-0.39, 0.29) is 30.5 Å². The molecular weight excluding hydrogens is 439 g/mol. The number of rotatable bonds is 8. The van der Waals surface area contributed by atoms with Crippen LogP contribution in [-0.4, -0.2) is 54.2 Å². The first kappa shape index (κ1) is 22.4. The number of ether oxygens (including phenoxy) is 1. The molecule has 12 heteroatoms. The van der Waals surface area contributed by atoms with Crippen LogP contribution < -0.4 is 10.1 Å². The van der Waals surface area contributed by atoms with Gasteiger partial charge in [-0.3, -0.25) is 4.68 Å². The molecule has 0 unspecified atom stereocenters. The molecule has 0 amide bonds. The van der Waals surface area contributed by atoms with Gasteiger partial charge in [-0.25, -0.2) is 19.9 Å². The zero-order chi connectivity index (χ0) is 23.4. The van der Waals surface area contributed by atoms with E-state index in [9.17, 15) is 13.2 Å². The van der Waals surface area contributed by atoms with Crippen molar-refractivity contribution < 1.29 is 23.0 Å². The molecule has 3 heterocycles. The number of aryl methyl sites for hydroxylation is 1. The number of aromatic nitrogens is 6. The Morgan fingerprint density at radius 2 is 1.94 bits per heavy atom. The third kappa shape index (κ3) is 5.34. The van der Waals surface area contributed by atoms with Crippen LogP contribution in [0, 0.1) is 6.92 Å². The maximum absolute atomic E-state index is 13.1. The van der Waals surface area contributed by atoms with Gasteiger partial charge in [0.1, 0.15) is 23.9 Å². The molecule has 0 aliphatic heterocycles. The van der Waals surface area contributed by atoms with Gasteiger partial charge in [0.2, 0.25) is 0 Å². The molecule has 0 aliphatic carbocycles. The van der Waals surface area contributed by atoms with Crippen molar-refractivity contribution in [1.82, 2.24) is 29.7 Å². The van der Waals surface area contributed by atoms with E-state index in [0.717, 1.165) is 4.68 Å². The number of benzene rings is 1. The lowest BCUT2D eigenvalue weighted by Crippen LogP contribution is -2.18. The maximum Gasteiger partial charge on any atom is 0.408 e. The number of hydrogen-bond donors (Lipinski definition) is 2. The average molecular weight is 459 g/mol. The van der Waals surface area contributed by atoms with Crippen molar-refractivity contribution in [2.24, 2.45) is 0 Å². The van der Waals surface area contributed by atoms with Crippen LogP contribution in [0.15, 0.2) is 42.7 Å². The fourth-order valence-corrected chi connectivity index (χ4v) is 3.16. The summed E-state index contributed by atoms with van der Waals surface area (Å²) in [6.07, 6.45) is -1.05. The average Bonchev–Trinajstić information content (AvgIpc) is 3.12. The maximum atomic E-state index is 13.1. The monoisotopic (exact) mass is 459 g/mol. The Bertz CT molecular complexity index is 1260. The van der Waals surface area contributed by atoms with Gasteiger partial charge in [0.25, 0.3) is 0 Å². The molecule has 2 N–H and O–H groups in total. The van der Waals surface area contributed by atoms with E-state index in [1.54, 1.807) is 43.5 Å². The van der Waals surface area contributed by atoms with E-state index in [2.05, 4.69) is 30.4 Å². The minimum absolute atomic E-state index is 0.0462. The third-order valence-electron chi connectivity index (χ3n) is 4.54. The second-order valence-corrected chi connectivity index (χ2v) is 7.08. The number of nitrogens with zero attached hydrogens (tertiary/aromatic N) is 6. The summed E-state index contributed by atoms with van der Waals surface area (Å²) in [5.74, 6) is 1.66. The molecule has 0 bridgehead atoms. The Labute approximate surface area is 186 Å². The summed E-state index contributed by atoms with van der Waals surface area (Å²) < 4.78 is 45.8. The van der Waals surface area contributed by atoms with Gasteiger partial charge in [-0.2, -0.15) is 18.3 Å². The largest absolute Gasteiger partial charge is 0.488 e. The Balaban J connectivity index is 1.77. The van der Waals surface area contributed by atoms with Gasteiger partial charge < -0.3 is 15.2 Å².